The Morgan fingerprint density at radius 3 is 1.82 bits per heavy atom. The van der Waals surface area contributed by atoms with Crippen LogP contribution in [0.25, 0.3) is 0 Å². The summed E-state index contributed by atoms with van der Waals surface area (Å²) in [6.45, 7) is 24.0. The highest BCUT2D eigenvalue weighted by Gasteiger charge is 2.57. The van der Waals surface area contributed by atoms with E-state index in [1.807, 2.05) is 49.4 Å². The number of ketones is 1. The van der Waals surface area contributed by atoms with E-state index in [-0.39, 0.29) is 150 Å². The fourth-order valence-corrected chi connectivity index (χ4v) is 21.7. The van der Waals surface area contributed by atoms with Crippen LogP contribution in [0.2, 0.25) is 0 Å². The number of ether oxygens (including phenoxy) is 20. The summed E-state index contributed by atoms with van der Waals surface area (Å²) in [6.07, 6.45) is -12.2. The van der Waals surface area contributed by atoms with Gasteiger partial charge in [0.25, 0.3) is 0 Å². The van der Waals surface area contributed by atoms with Gasteiger partial charge in [-0.15, -0.1) is 0 Å². The molecule has 142 heavy (non-hydrogen) atoms. The number of carbonyl (C=O) groups is 9. The van der Waals surface area contributed by atoms with Crippen molar-refractivity contribution in [1.29, 1.82) is 0 Å². The average Bonchev–Trinajstić information content (AvgIpc) is 1.64. The van der Waals surface area contributed by atoms with Gasteiger partial charge in [-0.25, -0.2) is 4.79 Å². The number of likely N-dealkylation sites (tertiary alicyclic amines) is 1. The van der Waals surface area contributed by atoms with Crippen LogP contribution in [0.1, 0.15) is 132 Å². The molecule has 21 unspecified atom stereocenters. The zero-order chi connectivity index (χ0) is 104. The van der Waals surface area contributed by atoms with Gasteiger partial charge in [-0.1, -0.05) is 77.0 Å². The zero-order valence-electron chi connectivity index (χ0n) is 83.8. The van der Waals surface area contributed by atoms with Crippen molar-refractivity contribution in [2.45, 2.75) is 252 Å². The second kappa shape index (κ2) is 62.5. The molecule has 7 aliphatic rings. The maximum atomic E-state index is 15.0. The molecule has 0 radical (unpaired) electrons. The van der Waals surface area contributed by atoms with Crippen LogP contribution >= 0.6 is 67.7 Å². The van der Waals surface area contributed by atoms with E-state index in [0.29, 0.717) is 127 Å². The summed E-state index contributed by atoms with van der Waals surface area (Å²) in [5, 5.41) is 69.6. The van der Waals surface area contributed by atoms with E-state index in [4.69, 9.17) is 99.6 Å². The lowest BCUT2D eigenvalue weighted by molar-refractivity contribution is -0.340. The molecule has 1 aromatic rings. The molecule has 2 aliphatic carbocycles. The Bertz CT molecular complexity index is 4380. The van der Waals surface area contributed by atoms with Gasteiger partial charge in [-0.2, -0.15) is 17.2 Å². The van der Waals surface area contributed by atoms with E-state index in [1.165, 1.54) is 80.9 Å². The number of carbonyl (C=O) groups excluding carboxylic acids is 9. The molecule has 1 saturated carbocycles. The number of likely N-dealkylation sites (N-methyl/N-ethyl adjacent to an activating group) is 1. The fraction of sp³-hybridized carbons (Fsp3) is 0.758. The first-order valence-corrected chi connectivity index (χ1v) is 53.3. The van der Waals surface area contributed by atoms with Crippen molar-refractivity contribution >= 4 is 120 Å². The van der Waals surface area contributed by atoms with E-state index in [9.17, 15) is 68.7 Å². The molecule has 0 bridgehead atoms. The van der Waals surface area contributed by atoms with Crippen LogP contribution in [0.15, 0.2) is 23.8 Å². The Labute approximate surface area is 864 Å². The number of benzene rings is 1. The molecule has 0 spiro atoms. The molecule has 0 aromatic heterocycles. The zero-order valence-corrected chi connectivity index (χ0v) is 89.2. The Hall–Kier alpha value is -5.94. The van der Waals surface area contributed by atoms with Gasteiger partial charge in [0.05, 0.1) is 207 Å². The molecule has 806 valence electrons. The number of alkyl carbamates (subject to hydrolysis) is 1. The van der Waals surface area contributed by atoms with Crippen LogP contribution in [-0.4, -0.2) is 412 Å². The summed E-state index contributed by atoms with van der Waals surface area (Å²) < 4.78 is 118. The second-order valence-corrected chi connectivity index (χ2v) is 41.6. The standard InChI is InChI=1S/C95H146IN7O35S4.2H2/c1-17-102(60(8)104)63-54-131-73(51-67(63)118-11)136-86-81(112)78(101-138-74-50-64(105)88(59(7)132-74)141-90(115)75-56(4)77(96)84(87(121-14)83(75)119-12)137-91-82(113)85(120-13)80(111)58(6)134-91)57(5)133-92(86)135-66-23-21-19-18-20-22-61-76(66)62(95(117,55(2)3)53-65(106)79(61)100-93(116)122-15)27-49-140-142-94(9,10)28-24-69(107)97-29-30-98-71(109)26-33-123-35-37-125-39-41-127-43-45-129-47-48-130-46-44-128-42-40-126-38-36-124-34-31-99-70(108)25-32-103-72(110)52-68(139-16)89(103)114;;/h18-19,27,55,57-59,61,63-64,66-68,73-74,76,78-82,85-86,88,91-92,101,105,111-113,117H,17,24-26,28-54H2,1-16H3,(H,97,107)(H,98,109)(H,99,108)(H,100,116);2*1H/b19-18-,62-27+;;/t57?,58?,59?,61?,63?,64?,66-,67?,68?,73?,74?,76?,78?,79?,80?,81?,82?,85?,86?,88?,91?,92?,95+;;/m0../s1. The maximum absolute atomic E-state index is 15.0. The lowest BCUT2D eigenvalue weighted by Crippen LogP contribution is -2.65. The van der Waals surface area contributed by atoms with Crippen molar-refractivity contribution in [2.24, 2.45) is 17.8 Å². The number of halogens is 1. The molecule has 6 fully saturated rings. The predicted molar refractivity (Wildman–Crippen MR) is 535 cm³/mol. The Balaban J connectivity index is 0.0000159. The van der Waals surface area contributed by atoms with E-state index in [1.54, 1.807) is 52.7 Å². The van der Waals surface area contributed by atoms with Crippen molar-refractivity contribution in [1.82, 2.24) is 36.5 Å². The van der Waals surface area contributed by atoms with E-state index in [2.05, 4.69) is 50.4 Å². The average molecular weight is 2210 g/mol. The molecule has 8 rings (SSSR count). The van der Waals surface area contributed by atoms with Crippen molar-refractivity contribution in [3.05, 3.63) is 38.5 Å². The lowest BCUT2D eigenvalue weighted by atomic mass is 9.71. The minimum atomic E-state index is -1.95. The van der Waals surface area contributed by atoms with Gasteiger partial charge >= 0.3 is 6.09 Å². The van der Waals surface area contributed by atoms with Gasteiger partial charge in [0, 0.05) is 118 Å². The number of thioether (sulfide) groups is 2. The summed E-state index contributed by atoms with van der Waals surface area (Å²) >= 11 is 4.13. The number of nitrogens with zero attached hydrogens (tertiary/aromatic N) is 2. The molecule has 5 aliphatic heterocycles. The first-order chi connectivity index (χ1) is 68.0. The number of fused-ring (bicyclic) bond motifs is 1. The van der Waals surface area contributed by atoms with Crippen molar-refractivity contribution in [2.75, 3.05) is 193 Å². The normalized spacial score (nSPS) is 28.9. The van der Waals surface area contributed by atoms with Crippen LogP contribution in [-0.2, 0) is 119 Å². The second-order valence-electron chi connectivity index (χ2n) is 35.3. The van der Waals surface area contributed by atoms with E-state index in [0.717, 1.165) is 23.8 Å². The fourth-order valence-electron chi connectivity index (χ4n) is 16.9. The summed E-state index contributed by atoms with van der Waals surface area (Å²) in [5.41, 5.74) is 1.79. The quantitative estimate of drug-likeness (QED) is 0.00838. The number of hydroxylamine groups is 1. The Morgan fingerprint density at radius 2 is 1.27 bits per heavy atom. The Morgan fingerprint density at radius 1 is 0.690 bits per heavy atom. The number of hydrogen-bond acceptors (Lipinski definition) is 40. The van der Waals surface area contributed by atoms with Gasteiger partial charge in [0.15, 0.2) is 36.2 Å². The third-order valence-electron chi connectivity index (χ3n) is 24.8. The van der Waals surface area contributed by atoms with Crippen molar-refractivity contribution < 1.29 is 171 Å². The van der Waals surface area contributed by atoms with Gasteiger partial charge in [0.2, 0.25) is 52.6 Å². The first-order valence-electron chi connectivity index (χ1n) is 47.8. The molecule has 1 aromatic carbocycles. The highest BCUT2D eigenvalue weighted by atomic mass is 127. The first kappa shape index (κ1) is 121. The third-order valence-corrected chi connectivity index (χ3v) is 31.6. The number of nitrogens with one attached hydrogen (secondary N) is 5. The Kier molecular flexibility index (Phi) is 53.4. The molecule has 47 heteroatoms. The molecular formula is C95H150IN7O35S4. The number of rotatable bonds is 60. The van der Waals surface area contributed by atoms with Crippen LogP contribution in [0.5, 0.6) is 17.2 Å². The number of allylic oxidation sites excluding steroid dienone is 2. The van der Waals surface area contributed by atoms with E-state index < -0.39 is 167 Å². The van der Waals surface area contributed by atoms with E-state index >= 15 is 0 Å². The number of hydrogen-bond donors (Lipinski definition) is 10. The maximum Gasteiger partial charge on any atom is 0.407 e. The number of imide groups is 1. The summed E-state index contributed by atoms with van der Waals surface area (Å²) in [6, 6.07) is -3.14. The number of methoxy groups -OCH3 is 5. The lowest BCUT2D eigenvalue weighted by Gasteiger charge is -2.47. The number of Topliss-reactive ketones (excluding diaryl/α,β-unsaturated/α-hetero) is 1. The number of amides is 7. The molecule has 5 heterocycles. The monoisotopic (exact) mass is 2200 g/mol. The molecule has 42 nitrogen and oxygen atoms in total. The SMILES string of the molecule is CCN(C(C)=O)C1COC(OC2C(O[C@H]3C#C/C=C\C#CC4C(NC(=O)OC)C(=O)C[C@@](O)(C(C)C)/C(=C/CSSC(C)(C)CCC(=O)NCCNC(=O)CCOCCOCCOCCOCCOCCOCCOCCOCCNC(=O)CCN5C(=O)CC(SC)C5=O)C43)OC(C)C(NOC3CC(O)C(SC(=O)c4c(C)c(I)c(OC5OC(C)C(O)C(OC)C5O)c(OC)c4OC)C(C)O3)C2O)CC1OC.[HH].[HH]. The summed E-state index contributed by atoms with van der Waals surface area (Å²) in [4.78, 5) is 127. The highest BCUT2D eigenvalue weighted by molar-refractivity contribution is 14.1. The minimum absolute atomic E-state index is 0. The molecular weight excluding hydrogens is 2050 g/mol. The van der Waals surface area contributed by atoms with Crippen molar-refractivity contribution in [3.63, 3.8) is 0 Å². The van der Waals surface area contributed by atoms with Crippen LogP contribution in [0, 0.1) is 51.9 Å². The van der Waals surface area contributed by atoms with Gasteiger partial charge < -0.3 is 146 Å². The van der Waals surface area contributed by atoms with Gasteiger partial charge in [-0.05, 0) is 113 Å². The van der Waals surface area contributed by atoms with Crippen molar-refractivity contribution in [3.8, 4) is 40.9 Å². The molecule has 5 saturated heterocycles. The smallest absolute Gasteiger partial charge is 0.407 e. The molecule has 7 amide bonds. The number of aliphatic hydroxyl groups is 5. The minimum Gasteiger partial charge on any atom is -0.492 e. The number of aliphatic hydroxyl groups excluding tert-OH is 4. The van der Waals surface area contributed by atoms with Crippen LogP contribution in [0.4, 0.5) is 4.79 Å². The summed E-state index contributed by atoms with van der Waals surface area (Å²) in [5.74, 6) is 7.68. The molecule has 10 N–H and O–H groups in total. The van der Waals surface area contributed by atoms with Gasteiger partial charge in [-0.3, -0.25) is 48.1 Å². The van der Waals surface area contributed by atoms with Crippen LogP contribution in [0.3, 0.4) is 0 Å². The van der Waals surface area contributed by atoms with Gasteiger partial charge in [0.1, 0.15) is 42.7 Å². The predicted octanol–water partition coefficient (Wildman–Crippen LogP) is 3.98. The highest BCUT2D eigenvalue weighted by Crippen LogP contribution is 2.51. The largest absolute Gasteiger partial charge is 0.492 e. The van der Waals surface area contributed by atoms with Crippen LogP contribution < -0.4 is 41.0 Å². The third kappa shape index (κ3) is 36.2. The molecule has 23 atom stereocenters. The topological polar surface area (TPSA) is 515 Å². The summed E-state index contributed by atoms with van der Waals surface area (Å²) in [7, 11) is 9.62.